The number of nitrogens with one attached hydrogen (secondary N) is 1. The molecule has 0 unspecified atom stereocenters. The van der Waals surface area contributed by atoms with Gasteiger partial charge in [0.25, 0.3) is 10.0 Å². The van der Waals surface area contributed by atoms with Crippen molar-refractivity contribution in [1.82, 2.24) is 10.2 Å². The van der Waals surface area contributed by atoms with Gasteiger partial charge in [-0.3, -0.25) is 13.9 Å². The highest BCUT2D eigenvalue weighted by Gasteiger charge is 2.33. The summed E-state index contributed by atoms with van der Waals surface area (Å²) in [5.41, 5.74) is 1.62. The molecule has 3 aromatic rings. The lowest BCUT2D eigenvalue weighted by Crippen LogP contribution is -2.50. The molecule has 0 saturated heterocycles. The second kappa shape index (κ2) is 12.1. The van der Waals surface area contributed by atoms with Crippen molar-refractivity contribution in [1.29, 1.82) is 0 Å². The number of hydrogen-bond donors (Lipinski definition) is 1. The van der Waals surface area contributed by atoms with Gasteiger partial charge in [0, 0.05) is 18.6 Å². The normalized spacial score (nSPS) is 11.9. The average Bonchev–Trinajstić information content (AvgIpc) is 2.90. The van der Waals surface area contributed by atoms with Crippen LogP contribution in [0.3, 0.4) is 0 Å². The molecule has 0 aliphatic heterocycles. The molecule has 0 saturated carbocycles. The van der Waals surface area contributed by atoms with E-state index >= 15 is 0 Å². The number of sulfonamides is 1. The maximum atomic E-state index is 13.8. The number of nitrogens with zero attached hydrogens (tertiary/aromatic N) is 2. The molecule has 37 heavy (non-hydrogen) atoms. The second-order valence-electron chi connectivity index (χ2n) is 8.40. The van der Waals surface area contributed by atoms with Crippen LogP contribution in [0.5, 0.6) is 5.75 Å². The van der Waals surface area contributed by atoms with Crippen LogP contribution in [-0.4, -0.2) is 51.9 Å². The van der Waals surface area contributed by atoms with E-state index in [0.29, 0.717) is 10.6 Å². The van der Waals surface area contributed by atoms with Crippen molar-refractivity contribution in [2.75, 3.05) is 25.0 Å². The van der Waals surface area contributed by atoms with Crippen LogP contribution in [0.15, 0.2) is 77.7 Å². The summed E-state index contributed by atoms with van der Waals surface area (Å²) in [4.78, 5) is 27.7. The zero-order valence-electron chi connectivity index (χ0n) is 21.1. The minimum absolute atomic E-state index is 0.0112. The molecule has 10 heteroatoms. The van der Waals surface area contributed by atoms with E-state index in [1.165, 1.54) is 31.2 Å². The molecule has 0 bridgehead atoms. The fourth-order valence-electron chi connectivity index (χ4n) is 3.83. The molecule has 3 rings (SSSR count). The molecule has 8 nitrogen and oxygen atoms in total. The van der Waals surface area contributed by atoms with E-state index in [9.17, 15) is 18.0 Å². The van der Waals surface area contributed by atoms with Gasteiger partial charge in [-0.15, -0.1) is 0 Å². The van der Waals surface area contributed by atoms with Crippen LogP contribution in [0.25, 0.3) is 0 Å². The van der Waals surface area contributed by atoms with Gasteiger partial charge in [0.15, 0.2) is 0 Å². The Morgan fingerprint density at radius 2 is 1.68 bits per heavy atom. The number of ether oxygens (including phenoxy) is 1. The van der Waals surface area contributed by atoms with E-state index < -0.39 is 34.4 Å². The van der Waals surface area contributed by atoms with Crippen molar-refractivity contribution in [3.05, 3.63) is 88.9 Å². The molecule has 0 heterocycles. The summed E-state index contributed by atoms with van der Waals surface area (Å²) in [6, 6.07) is 19.0. The summed E-state index contributed by atoms with van der Waals surface area (Å²) >= 11 is 6.34. The molecular formula is C27H30ClN3O5S. The van der Waals surface area contributed by atoms with Crippen molar-refractivity contribution >= 4 is 39.1 Å². The number of halogens is 1. The highest BCUT2D eigenvalue weighted by molar-refractivity contribution is 7.92. The van der Waals surface area contributed by atoms with Crippen LogP contribution >= 0.6 is 11.6 Å². The average molecular weight is 544 g/mol. The van der Waals surface area contributed by atoms with Gasteiger partial charge in [-0.25, -0.2) is 8.42 Å². The number of likely N-dealkylation sites (N-methyl/N-ethyl adjacent to an activating group) is 1. The maximum absolute atomic E-state index is 13.8. The Bertz CT molecular complexity index is 1370. The molecule has 2 amide bonds. The molecular weight excluding hydrogens is 514 g/mol. The topological polar surface area (TPSA) is 96.0 Å². The van der Waals surface area contributed by atoms with Gasteiger partial charge in [0.05, 0.1) is 17.7 Å². The van der Waals surface area contributed by atoms with Crippen molar-refractivity contribution in [3.8, 4) is 5.75 Å². The first-order valence-corrected chi connectivity index (χ1v) is 13.4. The first-order valence-electron chi connectivity index (χ1n) is 11.6. The molecule has 196 valence electrons. The third-order valence-electron chi connectivity index (χ3n) is 5.93. The number of aryl methyl sites for hydroxylation is 1. The van der Waals surface area contributed by atoms with Gasteiger partial charge >= 0.3 is 0 Å². The maximum Gasteiger partial charge on any atom is 0.264 e. The molecule has 1 N–H and O–H groups in total. The lowest BCUT2D eigenvalue weighted by molar-refractivity contribution is -0.139. The number of amides is 2. The SMILES string of the molecule is CNC(=O)[C@@H](C)N(Cc1ccccc1Cl)C(=O)CN(c1cc(C)ccc1OC)S(=O)(=O)c1ccccc1. The Hall–Kier alpha value is -3.56. The monoisotopic (exact) mass is 543 g/mol. The summed E-state index contributed by atoms with van der Waals surface area (Å²) in [5.74, 6) is -0.694. The number of carbonyl (C=O) groups excluding carboxylic acids is 2. The Labute approximate surface area is 222 Å². The van der Waals surface area contributed by atoms with E-state index in [2.05, 4.69) is 5.32 Å². The number of methoxy groups -OCH3 is 1. The van der Waals surface area contributed by atoms with Crippen molar-refractivity contribution < 1.29 is 22.7 Å². The molecule has 1 atom stereocenters. The predicted molar refractivity (Wildman–Crippen MR) is 144 cm³/mol. The van der Waals surface area contributed by atoms with E-state index in [1.807, 2.05) is 6.92 Å². The van der Waals surface area contributed by atoms with Gasteiger partial charge in [0.2, 0.25) is 11.8 Å². The quantitative estimate of drug-likeness (QED) is 0.417. The number of rotatable bonds is 10. The largest absolute Gasteiger partial charge is 0.495 e. The third kappa shape index (κ3) is 6.42. The summed E-state index contributed by atoms with van der Waals surface area (Å²) in [5, 5.41) is 2.98. The van der Waals surface area contributed by atoms with Crippen molar-refractivity contribution in [2.24, 2.45) is 0 Å². The first-order chi connectivity index (χ1) is 17.6. The minimum Gasteiger partial charge on any atom is -0.495 e. The van der Waals surface area contributed by atoms with Crippen LogP contribution in [0.4, 0.5) is 5.69 Å². The van der Waals surface area contributed by atoms with Crippen LogP contribution in [0, 0.1) is 6.92 Å². The fourth-order valence-corrected chi connectivity index (χ4v) is 5.46. The zero-order chi connectivity index (χ0) is 27.2. The summed E-state index contributed by atoms with van der Waals surface area (Å²) in [7, 11) is -1.28. The van der Waals surface area contributed by atoms with Crippen LogP contribution in [0.1, 0.15) is 18.1 Å². The molecule has 0 fully saturated rings. The predicted octanol–water partition coefficient (Wildman–Crippen LogP) is 4.02. The first kappa shape index (κ1) is 28.0. The van der Waals surface area contributed by atoms with Gasteiger partial charge < -0.3 is 15.0 Å². The zero-order valence-corrected chi connectivity index (χ0v) is 22.7. The molecule has 0 aliphatic carbocycles. The number of carbonyl (C=O) groups is 2. The van der Waals surface area contributed by atoms with E-state index in [0.717, 1.165) is 9.87 Å². The third-order valence-corrected chi connectivity index (χ3v) is 8.07. The second-order valence-corrected chi connectivity index (χ2v) is 10.7. The number of hydrogen-bond acceptors (Lipinski definition) is 5. The lowest BCUT2D eigenvalue weighted by atomic mass is 10.1. The Balaban J connectivity index is 2.11. The lowest BCUT2D eigenvalue weighted by Gasteiger charge is -2.32. The van der Waals surface area contributed by atoms with Gasteiger partial charge in [-0.2, -0.15) is 0 Å². The highest BCUT2D eigenvalue weighted by atomic mass is 35.5. The van der Waals surface area contributed by atoms with Gasteiger partial charge in [0.1, 0.15) is 18.3 Å². The molecule has 0 aromatic heterocycles. The molecule has 0 radical (unpaired) electrons. The summed E-state index contributed by atoms with van der Waals surface area (Å²) < 4.78 is 34.2. The summed E-state index contributed by atoms with van der Waals surface area (Å²) in [6.07, 6.45) is 0. The van der Waals surface area contributed by atoms with Crippen LogP contribution < -0.4 is 14.4 Å². The van der Waals surface area contributed by atoms with E-state index in [-0.39, 0.29) is 22.9 Å². The standard InChI is InChI=1S/C27H30ClN3O5S/c1-19-14-15-25(36-4)24(16-19)31(37(34,35)22-11-6-5-7-12-22)18-26(32)30(20(2)27(33)29-3)17-21-10-8-9-13-23(21)28/h5-16,20H,17-18H2,1-4H3,(H,29,33)/t20-/m1/s1. The molecule has 0 spiro atoms. The Morgan fingerprint density at radius 3 is 2.30 bits per heavy atom. The van der Waals surface area contributed by atoms with E-state index in [4.69, 9.17) is 16.3 Å². The van der Waals surface area contributed by atoms with Gasteiger partial charge in [-0.05, 0) is 55.3 Å². The number of benzene rings is 3. The van der Waals surface area contributed by atoms with Crippen molar-refractivity contribution in [3.63, 3.8) is 0 Å². The number of anilines is 1. The van der Waals surface area contributed by atoms with Gasteiger partial charge in [-0.1, -0.05) is 54.1 Å². The Morgan fingerprint density at radius 1 is 1.03 bits per heavy atom. The van der Waals surface area contributed by atoms with Crippen LogP contribution in [-0.2, 0) is 26.2 Å². The fraction of sp³-hybridized carbons (Fsp3) is 0.259. The highest BCUT2D eigenvalue weighted by Crippen LogP contribution is 2.33. The van der Waals surface area contributed by atoms with E-state index in [1.54, 1.807) is 67.6 Å². The molecule has 0 aliphatic rings. The molecule has 3 aromatic carbocycles. The smallest absolute Gasteiger partial charge is 0.264 e. The van der Waals surface area contributed by atoms with Crippen molar-refractivity contribution in [2.45, 2.75) is 31.3 Å². The van der Waals surface area contributed by atoms with Crippen LogP contribution in [0.2, 0.25) is 5.02 Å². The Kier molecular flexibility index (Phi) is 9.18. The summed E-state index contributed by atoms with van der Waals surface area (Å²) in [6.45, 7) is 2.84. The minimum atomic E-state index is -4.19.